The lowest BCUT2D eigenvalue weighted by Crippen LogP contribution is -2.22. The molecule has 0 spiro atoms. The molecular weight excluding hydrogens is 286 g/mol. The molecule has 0 aliphatic heterocycles. The van der Waals surface area contributed by atoms with Crippen molar-refractivity contribution in [2.75, 3.05) is 0 Å². The lowest BCUT2D eigenvalue weighted by Gasteiger charge is -2.12. The van der Waals surface area contributed by atoms with Gasteiger partial charge in [0.2, 0.25) is 0 Å². The Morgan fingerprint density at radius 2 is 2.00 bits per heavy atom. The van der Waals surface area contributed by atoms with Gasteiger partial charge >= 0.3 is 0 Å². The van der Waals surface area contributed by atoms with E-state index in [1.165, 1.54) is 0 Å². The first-order chi connectivity index (χ1) is 4.72. The molecule has 5 heteroatoms. The highest BCUT2D eigenvalue weighted by molar-refractivity contribution is 8.93. The van der Waals surface area contributed by atoms with Crippen molar-refractivity contribution in [2.45, 2.75) is 25.8 Å². The van der Waals surface area contributed by atoms with E-state index in [9.17, 15) is 0 Å². The molecule has 0 aliphatic carbocycles. The summed E-state index contributed by atoms with van der Waals surface area (Å²) in [5, 5.41) is 0. The van der Waals surface area contributed by atoms with Crippen LogP contribution in [0.25, 0.3) is 0 Å². The lowest BCUT2D eigenvalue weighted by atomic mass is 10.0. The molecule has 1 rings (SSSR count). The summed E-state index contributed by atoms with van der Waals surface area (Å²) in [7, 11) is 0. The second kappa shape index (κ2) is 6.62. The zero-order valence-corrected chi connectivity index (χ0v) is 10.6. The lowest BCUT2D eigenvalue weighted by molar-refractivity contribution is 0.601. The van der Waals surface area contributed by atoms with Crippen molar-refractivity contribution >= 4 is 34.0 Å². The van der Waals surface area contributed by atoms with E-state index >= 15 is 0 Å². The van der Waals surface area contributed by atoms with Gasteiger partial charge in [-0.25, -0.2) is 4.98 Å². The third kappa shape index (κ3) is 3.69. The Balaban J connectivity index is 0. The molecule has 0 radical (unpaired) electrons. The predicted molar refractivity (Wildman–Crippen MR) is 61.3 cm³/mol. The third-order valence-electron chi connectivity index (χ3n) is 1.80. The molecule has 72 valence electrons. The van der Waals surface area contributed by atoms with Crippen LogP contribution in [0.3, 0.4) is 0 Å². The maximum atomic E-state index is 5.68. The van der Waals surface area contributed by atoms with E-state index < -0.39 is 0 Å². The van der Waals surface area contributed by atoms with Gasteiger partial charge in [-0.15, -0.1) is 34.0 Å². The summed E-state index contributed by atoms with van der Waals surface area (Å²) in [5.74, 6) is 0.363. The van der Waals surface area contributed by atoms with Crippen LogP contribution in [0, 0.1) is 0 Å². The summed E-state index contributed by atoms with van der Waals surface area (Å²) < 4.78 is 0. The van der Waals surface area contributed by atoms with Gasteiger partial charge in [0.25, 0.3) is 0 Å². The second-order valence-corrected chi connectivity index (χ2v) is 2.65. The fraction of sp³-hybridized carbons (Fsp3) is 0.571. The minimum Gasteiger partial charge on any atom is -0.348 e. The average Bonchev–Trinajstić information content (AvgIpc) is 2.36. The van der Waals surface area contributed by atoms with Crippen LogP contribution in [0.4, 0.5) is 0 Å². The number of hydrogen-bond acceptors (Lipinski definition) is 2. The van der Waals surface area contributed by atoms with E-state index in [0.29, 0.717) is 5.92 Å². The molecule has 0 saturated carbocycles. The highest BCUT2D eigenvalue weighted by Crippen LogP contribution is 2.13. The van der Waals surface area contributed by atoms with Gasteiger partial charge in [-0.2, -0.15) is 0 Å². The molecule has 0 aliphatic rings. The van der Waals surface area contributed by atoms with Gasteiger partial charge in [0, 0.05) is 23.9 Å². The second-order valence-electron chi connectivity index (χ2n) is 2.65. The number of aromatic nitrogens is 2. The molecule has 0 aromatic carbocycles. The zero-order chi connectivity index (χ0) is 7.56. The summed E-state index contributed by atoms with van der Waals surface area (Å²) in [6.45, 7) is 4.07. The first-order valence-corrected chi connectivity index (χ1v) is 3.45. The van der Waals surface area contributed by atoms with Crippen molar-refractivity contribution in [1.82, 2.24) is 9.97 Å². The normalized spacial score (nSPS) is 13.9. The van der Waals surface area contributed by atoms with Crippen molar-refractivity contribution < 1.29 is 0 Å². The van der Waals surface area contributed by atoms with E-state index in [2.05, 4.69) is 16.9 Å². The topological polar surface area (TPSA) is 54.7 Å². The third-order valence-corrected chi connectivity index (χ3v) is 1.80. The predicted octanol–water partition coefficient (Wildman–Crippen LogP) is 2.02. The van der Waals surface area contributed by atoms with Gasteiger partial charge < -0.3 is 10.7 Å². The van der Waals surface area contributed by atoms with Crippen LogP contribution in [0.2, 0.25) is 0 Å². The van der Waals surface area contributed by atoms with Crippen molar-refractivity contribution in [2.24, 2.45) is 5.73 Å². The van der Waals surface area contributed by atoms with Crippen LogP contribution in [-0.2, 0) is 0 Å². The van der Waals surface area contributed by atoms with Crippen molar-refractivity contribution in [3.8, 4) is 0 Å². The monoisotopic (exact) mass is 299 g/mol. The molecule has 3 nitrogen and oxygen atoms in total. The molecule has 0 amide bonds. The van der Waals surface area contributed by atoms with E-state index in [1.54, 1.807) is 6.33 Å². The van der Waals surface area contributed by atoms with E-state index in [1.807, 2.05) is 13.1 Å². The Bertz CT molecular complexity index is 187. The van der Waals surface area contributed by atoms with Crippen LogP contribution in [0.5, 0.6) is 0 Å². The van der Waals surface area contributed by atoms with Gasteiger partial charge in [-0.3, -0.25) is 0 Å². The van der Waals surface area contributed by atoms with Crippen molar-refractivity contribution in [3.63, 3.8) is 0 Å². The highest BCUT2D eigenvalue weighted by Gasteiger charge is 2.10. The molecule has 1 aromatic rings. The maximum absolute atomic E-state index is 5.68. The number of imidazole rings is 1. The molecule has 0 bridgehead atoms. The molecule has 1 aromatic heterocycles. The Labute approximate surface area is 93.7 Å². The number of rotatable bonds is 2. The summed E-state index contributed by atoms with van der Waals surface area (Å²) in [6.07, 6.45) is 3.49. The number of nitrogens with one attached hydrogen (secondary N) is 1. The van der Waals surface area contributed by atoms with E-state index in [4.69, 9.17) is 5.73 Å². The minimum atomic E-state index is 0. The molecule has 2 unspecified atom stereocenters. The van der Waals surface area contributed by atoms with Gasteiger partial charge in [-0.1, -0.05) is 6.92 Å². The highest BCUT2D eigenvalue weighted by atomic mass is 79.9. The molecule has 3 N–H and O–H groups in total. The summed E-state index contributed by atoms with van der Waals surface area (Å²) in [4.78, 5) is 6.94. The summed E-state index contributed by atoms with van der Waals surface area (Å²) in [6, 6.07) is 0.181. The standard InChI is InChI=1S/C7H13N3.2BrH/c1-5(6(2)8)7-3-9-4-10-7;;/h3-6H,8H2,1-2H3,(H,9,10);2*1H. The number of aromatic amines is 1. The number of halogens is 2. The SMILES string of the molecule is Br.Br.CC(N)C(C)c1cnc[nH]1. The average molecular weight is 301 g/mol. The Morgan fingerprint density at radius 1 is 1.42 bits per heavy atom. The van der Waals surface area contributed by atoms with Crippen LogP contribution >= 0.6 is 34.0 Å². The van der Waals surface area contributed by atoms with Gasteiger partial charge in [-0.05, 0) is 6.92 Å². The molecule has 1 heterocycles. The van der Waals surface area contributed by atoms with Crippen LogP contribution in [-0.4, -0.2) is 16.0 Å². The zero-order valence-electron chi connectivity index (χ0n) is 7.15. The molecule has 12 heavy (non-hydrogen) atoms. The quantitative estimate of drug-likeness (QED) is 0.878. The Hall–Kier alpha value is 0.130. The fourth-order valence-corrected chi connectivity index (χ4v) is 0.799. The van der Waals surface area contributed by atoms with Crippen LogP contribution in [0.15, 0.2) is 12.5 Å². The summed E-state index contributed by atoms with van der Waals surface area (Å²) in [5.41, 5.74) is 6.79. The Morgan fingerprint density at radius 3 is 2.33 bits per heavy atom. The molecule has 0 saturated heterocycles. The number of hydrogen-bond donors (Lipinski definition) is 2. The van der Waals surface area contributed by atoms with Crippen LogP contribution < -0.4 is 5.73 Å². The molecule has 2 atom stereocenters. The number of H-pyrrole nitrogens is 1. The van der Waals surface area contributed by atoms with E-state index in [-0.39, 0.29) is 40.0 Å². The van der Waals surface area contributed by atoms with Gasteiger partial charge in [0.1, 0.15) is 0 Å². The first-order valence-electron chi connectivity index (χ1n) is 3.45. The number of nitrogens with zero attached hydrogens (tertiary/aromatic N) is 1. The summed E-state index contributed by atoms with van der Waals surface area (Å²) >= 11 is 0. The first kappa shape index (κ1) is 14.6. The van der Waals surface area contributed by atoms with E-state index in [0.717, 1.165) is 5.69 Å². The maximum Gasteiger partial charge on any atom is 0.0921 e. The smallest absolute Gasteiger partial charge is 0.0921 e. The van der Waals surface area contributed by atoms with Crippen LogP contribution in [0.1, 0.15) is 25.5 Å². The number of nitrogens with two attached hydrogens (primary N) is 1. The van der Waals surface area contributed by atoms with Gasteiger partial charge in [0.05, 0.1) is 6.33 Å². The molecule has 0 fully saturated rings. The van der Waals surface area contributed by atoms with Crippen molar-refractivity contribution in [1.29, 1.82) is 0 Å². The Kier molecular flexibility index (Phi) is 8.08. The minimum absolute atomic E-state index is 0. The molecular formula is C7H15Br2N3. The fourth-order valence-electron chi connectivity index (χ4n) is 0.799. The van der Waals surface area contributed by atoms with Crippen molar-refractivity contribution in [3.05, 3.63) is 18.2 Å². The van der Waals surface area contributed by atoms with Gasteiger partial charge in [0.15, 0.2) is 0 Å². The largest absolute Gasteiger partial charge is 0.348 e.